The summed E-state index contributed by atoms with van der Waals surface area (Å²) in [5, 5.41) is 7.89. The van der Waals surface area contributed by atoms with Crippen LogP contribution in [-0.2, 0) is 16.8 Å². The fraction of sp³-hybridized carbons (Fsp3) is 0. The summed E-state index contributed by atoms with van der Waals surface area (Å²) in [5.74, 6) is 0. The molecule has 0 fully saturated rings. The first-order valence-corrected chi connectivity index (χ1v) is 0.383. The molecule has 0 rings (SSSR count). The Labute approximate surface area is 83.5 Å². The minimum Gasteiger partial charge on any atom is -1.00 e. The molecule has 0 unspecified atom stereocenters. The summed E-state index contributed by atoms with van der Waals surface area (Å²) < 4.78 is 0. The van der Waals surface area contributed by atoms with E-state index in [0.717, 1.165) is 0 Å². The molecule has 1 N–H and O–H groups in total. The quantitative estimate of drug-likeness (QED) is 0.229. The van der Waals surface area contributed by atoms with Crippen molar-refractivity contribution in [1.29, 1.82) is 0 Å². The largest absolute Gasteiger partial charge is 1.00 e. The zero-order valence-corrected chi connectivity index (χ0v) is 6.80. The maximum Gasteiger partial charge on any atom is 1.00 e. The van der Waals surface area contributed by atoms with Gasteiger partial charge in [0.2, 0.25) is 0 Å². The molecule has 0 aliphatic heterocycles. The van der Waals surface area contributed by atoms with Gasteiger partial charge in [0.15, 0.2) is 5.34 Å². The van der Waals surface area contributed by atoms with E-state index in [1.54, 1.807) is 0 Å². The Morgan fingerprint density at radius 3 is 1.80 bits per heavy atom. The van der Waals surface area contributed by atoms with Gasteiger partial charge >= 0.3 is 51.4 Å². The van der Waals surface area contributed by atoms with Crippen molar-refractivity contribution in [3.05, 3.63) is 4.91 Å². The van der Waals surface area contributed by atoms with Crippen molar-refractivity contribution in [1.82, 2.24) is 0 Å². The van der Waals surface area contributed by atoms with Crippen molar-refractivity contribution in [2.75, 3.05) is 0 Å². The van der Waals surface area contributed by atoms with Gasteiger partial charge in [-0.3, -0.25) is 0 Å². The number of nitrogens with zero attached hydrogens (tertiary/aromatic N) is 1. The van der Waals surface area contributed by atoms with Crippen LogP contribution in [0.2, 0.25) is 0 Å². The van der Waals surface area contributed by atoms with Gasteiger partial charge in [0.25, 0.3) is 0 Å². The van der Waals surface area contributed by atoms with Crippen LogP contribution in [0.1, 0.15) is 1.43 Å². The third kappa shape index (κ3) is 29.2. The first kappa shape index (κ1) is 16.0. The van der Waals surface area contributed by atoms with Crippen LogP contribution >= 0.6 is 0 Å². The first-order valence-electron chi connectivity index (χ1n) is 0.383. The molecule has 0 heterocycles. The van der Waals surface area contributed by atoms with Gasteiger partial charge in [-0.1, -0.05) is 0 Å². The Morgan fingerprint density at radius 2 is 1.80 bits per heavy atom. The Kier molecular flexibility index (Phi) is 56.7. The van der Waals surface area contributed by atoms with Crippen molar-refractivity contribution >= 4 is 0 Å². The third-order valence-electron chi connectivity index (χ3n) is 0. The van der Waals surface area contributed by atoms with E-state index >= 15 is 0 Å². The predicted octanol–water partition coefficient (Wildman–Crippen LogP) is -2.74. The van der Waals surface area contributed by atoms with Crippen LogP contribution in [0.5, 0.6) is 0 Å². The van der Waals surface area contributed by atoms with Crippen molar-refractivity contribution < 1.29 is 74.8 Å². The summed E-state index contributed by atoms with van der Waals surface area (Å²) in [6.07, 6.45) is 0. The molecule has 0 aliphatic carbocycles. The second kappa shape index (κ2) is 17.7. The monoisotopic (exact) mass is 146 g/mol. The van der Waals surface area contributed by atoms with Crippen LogP contribution in [0, 0.1) is 4.91 Å². The van der Waals surface area contributed by atoms with Gasteiger partial charge in [-0.05, 0) is 0 Å². The van der Waals surface area contributed by atoms with E-state index in [1.165, 1.54) is 5.34 Å². The molecule has 0 aromatic carbocycles. The third-order valence-corrected chi connectivity index (χ3v) is 0. The number of hydrogen-bond donors (Lipinski definition) is 1. The SMILES string of the molecule is O=NO.[Co].[H-].[K+]. The van der Waals surface area contributed by atoms with E-state index in [0.29, 0.717) is 0 Å². The van der Waals surface area contributed by atoms with Crippen LogP contribution in [0.3, 0.4) is 0 Å². The van der Waals surface area contributed by atoms with Gasteiger partial charge in [0, 0.05) is 16.8 Å². The molecule has 29 valence electrons. The van der Waals surface area contributed by atoms with Gasteiger partial charge < -0.3 is 6.63 Å². The van der Waals surface area contributed by atoms with E-state index in [2.05, 4.69) is 0 Å². The zero-order valence-electron chi connectivity index (χ0n) is 3.64. The maximum absolute atomic E-state index is 8.11. The summed E-state index contributed by atoms with van der Waals surface area (Å²) in [7, 11) is 0. The Morgan fingerprint density at radius 1 is 1.80 bits per heavy atom. The normalized spacial score (nSPS) is 2.40. The van der Waals surface area contributed by atoms with Gasteiger partial charge in [-0.2, -0.15) is 0 Å². The number of rotatable bonds is 0. The molecule has 0 amide bonds. The standard InChI is InChI=1S/Co.K.HNO2.H/c;;2-1-3;/h;;(H,2,3);/q;+1;;-1. The molecular formula is H2CoKNO2. The topological polar surface area (TPSA) is 49.7 Å². The van der Waals surface area contributed by atoms with Crippen molar-refractivity contribution in [3.8, 4) is 0 Å². The van der Waals surface area contributed by atoms with Crippen LogP contribution < -0.4 is 51.4 Å². The predicted molar refractivity (Wildman–Crippen MR) is 8.69 cm³/mol. The average molecular weight is 146 g/mol. The maximum atomic E-state index is 8.11. The van der Waals surface area contributed by atoms with Crippen LogP contribution in [0.4, 0.5) is 0 Å². The molecule has 5 heavy (non-hydrogen) atoms. The summed E-state index contributed by atoms with van der Waals surface area (Å²) in [6.45, 7) is 0. The van der Waals surface area contributed by atoms with E-state index in [1.807, 2.05) is 0 Å². The summed E-state index contributed by atoms with van der Waals surface area (Å²) in [4.78, 5) is 8.11. The zero-order chi connectivity index (χ0) is 2.71. The minimum atomic E-state index is 0. The Balaban J connectivity index is -0.00000000667. The molecule has 3 nitrogen and oxygen atoms in total. The number of hydrogen-bond acceptors (Lipinski definition) is 2. The molecule has 0 spiro atoms. The minimum absolute atomic E-state index is 0. The molecule has 5 heteroatoms. The summed E-state index contributed by atoms with van der Waals surface area (Å²) in [5.41, 5.74) is 0. The molecule has 0 bridgehead atoms. The van der Waals surface area contributed by atoms with E-state index in [4.69, 9.17) is 10.1 Å². The second-order valence-electron chi connectivity index (χ2n) is 0.0816. The summed E-state index contributed by atoms with van der Waals surface area (Å²) in [6, 6.07) is 0. The van der Waals surface area contributed by atoms with Gasteiger partial charge in [-0.15, -0.1) is 4.91 Å². The molecule has 1 radical (unpaired) electrons. The second-order valence-corrected chi connectivity index (χ2v) is 0.0816. The molecule has 0 aromatic heterocycles. The molecule has 0 atom stereocenters. The van der Waals surface area contributed by atoms with E-state index < -0.39 is 0 Å². The van der Waals surface area contributed by atoms with Crippen LogP contribution in [0.15, 0.2) is 5.34 Å². The average Bonchev–Trinajstić information content (AvgIpc) is 0.918. The van der Waals surface area contributed by atoms with E-state index in [-0.39, 0.29) is 69.6 Å². The van der Waals surface area contributed by atoms with Gasteiger partial charge in [-0.25, -0.2) is 0 Å². The Bertz CT molecular complexity index is 21.0. The smallest absolute Gasteiger partial charge is 1.00 e. The molecule has 0 aliphatic rings. The fourth-order valence-corrected chi connectivity index (χ4v) is 0. The molecule has 0 aromatic rings. The van der Waals surface area contributed by atoms with Gasteiger partial charge in [0.1, 0.15) is 0 Å². The van der Waals surface area contributed by atoms with Crippen molar-refractivity contribution in [3.63, 3.8) is 0 Å². The summed E-state index contributed by atoms with van der Waals surface area (Å²) >= 11 is 0. The van der Waals surface area contributed by atoms with Gasteiger partial charge in [0.05, 0.1) is 0 Å². The van der Waals surface area contributed by atoms with Crippen LogP contribution in [-0.4, -0.2) is 5.21 Å². The molecular weight excluding hydrogens is 144 g/mol. The van der Waals surface area contributed by atoms with Crippen LogP contribution in [0.25, 0.3) is 0 Å². The van der Waals surface area contributed by atoms with Crippen molar-refractivity contribution in [2.45, 2.75) is 0 Å². The Hall–Kier alpha value is 1.54. The van der Waals surface area contributed by atoms with Crippen molar-refractivity contribution in [2.24, 2.45) is 5.34 Å². The van der Waals surface area contributed by atoms with E-state index in [9.17, 15) is 0 Å². The molecule has 0 saturated carbocycles. The first-order chi connectivity index (χ1) is 1.41. The molecule has 0 saturated heterocycles. The fourth-order valence-electron chi connectivity index (χ4n) is 0.